The number of tetrazole rings is 1. The molecule has 0 aliphatic rings. The second-order valence-electron chi connectivity index (χ2n) is 5.70. The van der Waals surface area contributed by atoms with Gasteiger partial charge >= 0.3 is 0 Å². The molecular weight excluding hydrogens is 338 g/mol. The highest BCUT2D eigenvalue weighted by Crippen LogP contribution is 2.24. The van der Waals surface area contributed by atoms with Gasteiger partial charge in [-0.25, -0.2) is 4.68 Å². The van der Waals surface area contributed by atoms with E-state index in [0.717, 1.165) is 16.9 Å². The molecule has 0 saturated carbocycles. The molecule has 0 aliphatic heterocycles. The van der Waals surface area contributed by atoms with Crippen LogP contribution in [-0.4, -0.2) is 20.2 Å². The summed E-state index contributed by atoms with van der Waals surface area (Å²) in [5, 5.41) is 15.4. The van der Waals surface area contributed by atoms with E-state index in [1.165, 1.54) is 5.56 Å². The third kappa shape index (κ3) is 4.48. The van der Waals surface area contributed by atoms with E-state index >= 15 is 0 Å². The van der Waals surface area contributed by atoms with Gasteiger partial charge in [0.15, 0.2) is 0 Å². The zero-order valence-electron chi connectivity index (χ0n) is 14.2. The summed E-state index contributed by atoms with van der Waals surface area (Å²) >= 11 is 6.14. The van der Waals surface area contributed by atoms with E-state index in [4.69, 9.17) is 16.3 Å². The molecular formula is C18H20ClN5O. The van der Waals surface area contributed by atoms with E-state index in [1.807, 2.05) is 25.1 Å². The van der Waals surface area contributed by atoms with Crippen LogP contribution in [0.15, 0.2) is 42.5 Å². The molecule has 0 amide bonds. The van der Waals surface area contributed by atoms with Crippen LogP contribution in [0.1, 0.15) is 23.6 Å². The van der Waals surface area contributed by atoms with Gasteiger partial charge in [0, 0.05) is 23.7 Å². The Morgan fingerprint density at radius 2 is 1.96 bits per heavy atom. The van der Waals surface area contributed by atoms with Crippen LogP contribution >= 0.6 is 11.6 Å². The lowest BCUT2D eigenvalue weighted by Crippen LogP contribution is -2.09. The molecule has 0 unspecified atom stereocenters. The van der Waals surface area contributed by atoms with Crippen LogP contribution < -0.4 is 10.1 Å². The third-order valence-corrected chi connectivity index (χ3v) is 4.04. The smallest absolute Gasteiger partial charge is 0.243 e. The topological polar surface area (TPSA) is 64.9 Å². The maximum atomic E-state index is 6.14. The molecule has 0 aliphatic carbocycles. The highest BCUT2D eigenvalue weighted by molar-refractivity contribution is 6.30. The normalized spacial score (nSPS) is 10.7. The molecule has 0 spiro atoms. The number of anilines is 1. The number of rotatable bonds is 7. The fourth-order valence-electron chi connectivity index (χ4n) is 2.39. The van der Waals surface area contributed by atoms with Crippen molar-refractivity contribution in [2.45, 2.75) is 33.5 Å². The van der Waals surface area contributed by atoms with Crippen molar-refractivity contribution in [3.63, 3.8) is 0 Å². The number of aromatic nitrogens is 4. The zero-order valence-corrected chi connectivity index (χ0v) is 15.0. The van der Waals surface area contributed by atoms with Gasteiger partial charge < -0.3 is 10.1 Å². The van der Waals surface area contributed by atoms with Crippen molar-refractivity contribution in [3.8, 4) is 5.75 Å². The van der Waals surface area contributed by atoms with E-state index in [9.17, 15) is 0 Å². The molecule has 1 aromatic heterocycles. The number of benzene rings is 2. The summed E-state index contributed by atoms with van der Waals surface area (Å²) in [6.45, 7) is 5.77. The molecule has 7 heteroatoms. The molecule has 3 rings (SSSR count). The summed E-state index contributed by atoms with van der Waals surface area (Å²) in [7, 11) is 0. The first-order valence-corrected chi connectivity index (χ1v) is 8.50. The summed E-state index contributed by atoms with van der Waals surface area (Å²) in [5.41, 5.74) is 3.30. The van der Waals surface area contributed by atoms with Gasteiger partial charge in [0.2, 0.25) is 5.95 Å². The molecule has 1 N–H and O–H groups in total. The van der Waals surface area contributed by atoms with Crippen molar-refractivity contribution in [3.05, 3.63) is 64.2 Å². The molecule has 0 bridgehead atoms. The second-order valence-corrected chi connectivity index (χ2v) is 6.13. The summed E-state index contributed by atoms with van der Waals surface area (Å²) in [5.74, 6) is 1.40. The minimum absolute atomic E-state index is 0.502. The van der Waals surface area contributed by atoms with Crippen molar-refractivity contribution in [1.82, 2.24) is 20.2 Å². The first-order chi connectivity index (χ1) is 12.2. The van der Waals surface area contributed by atoms with Crippen LogP contribution in [0.3, 0.4) is 0 Å². The Bertz CT molecular complexity index is 832. The predicted molar refractivity (Wildman–Crippen MR) is 97.8 cm³/mol. The van der Waals surface area contributed by atoms with Crippen LogP contribution in [0.25, 0.3) is 0 Å². The van der Waals surface area contributed by atoms with Gasteiger partial charge in [-0.2, -0.15) is 0 Å². The second kappa shape index (κ2) is 7.98. The predicted octanol–water partition coefficient (Wildman–Crippen LogP) is 3.85. The Balaban J connectivity index is 1.70. The van der Waals surface area contributed by atoms with Crippen LogP contribution in [0, 0.1) is 6.92 Å². The minimum atomic E-state index is 0.502. The summed E-state index contributed by atoms with van der Waals surface area (Å²) in [4.78, 5) is 0. The van der Waals surface area contributed by atoms with Crippen molar-refractivity contribution < 1.29 is 4.74 Å². The van der Waals surface area contributed by atoms with Gasteiger partial charge in [-0.15, -0.1) is 0 Å². The fourth-order valence-corrected chi connectivity index (χ4v) is 2.59. The van der Waals surface area contributed by atoms with Crippen LogP contribution in [-0.2, 0) is 19.7 Å². The van der Waals surface area contributed by atoms with E-state index in [2.05, 4.69) is 52.0 Å². The van der Waals surface area contributed by atoms with E-state index in [1.54, 1.807) is 4.68 Å². The van der Waals surface area contributed by atoms with E-state index < -0.39 is 0 Å². The summed E-state index contributed by atoms with van der Waals surface area (Å²) in [6.07, 6.45) is 0. The van der Waals surface area contributed by atoms with Gasteiger partial charge in [0.1, 0.15) is 12.4 Å². The monoisotopic (exact) mass is 357 g/mol. The molecule has 0 radical (unpaired) electrons. The first-order valence-electron chi connectivity index (χ1n) is 8.12. The number of nitrogens with one attached hydrogen (secondary N) is 1. The largest absolute Gasteiger partial charge is 0.489 e. The molecule has 0 saturated heterocycles. The lowest BCUT2D eigenvalue weighted by Gasteiger charge is -2.13. The van der Waals surface area contributed by atoms with Crippen molar-refractivity contribution >= 4 is 17.5 Å². The third-order valence-electron chi connectivity index (χ3n) is 3.81. The molecule has 25 heavy (non-hydrogen) atoms. The van der Waals surface area contributed by atoms with E-state index in [-0.39, 0.29) is 0 Å². The molecule has 6 nitrogen and oxygen atoms in total. The maximum Gasteiger partial charge on any atom is 0.243 e. The lowest BCUT2D eigenvalue weighted by molar-refractivity contribution is 0.303. The lowest BCUT2D eigenvalue weighted by atomic mass is 10.1. The molecule has 1 heterocycles. The van der Waals surface area contributed by atoms with Crippen molar-refractivity contribution in [2.24, 2.45) is 0 Å². The zero-order chi connectivity index (χ0) is 17.6. The molecule has 0 fully saturated rings. The number of nitrogens with zero attached hydrogens (tertiary/aromatic N) is 4. The maximum absolute atomic E-state index is 6.14. The van der Waals surface area contributed by atoms with Crippen LogP contribution in [0.5, 0.6) is 5.75 Å². The van der Waals surface area contributed by atoms with Crippen molar-refractivity contribution in [1.29, 1.82) is 0 Å². The molecule has 0 atom stereocenters. The van der Waals surface area contributed by atoms with Crippen LogP contribution in [0.2, 0.25) is 5.02 Å². The first kappa shape index (κ1) is 17.2. The Morgan fingerprint density at radius 3 is 2.72 bits per heavy atom. The molecule has 3 aromatic rings. The van der Waals surface area contributed by atoms with Gasteiger partial charge in [-0.1, -0.05) is 46.5 Å². The fraction of sp³-hybridized carbons (Fsp3) is 0.278. The standard InChI is InChI=1S/C18H20ClN5O/c1-3-24-18(21-22-23-24)20-11-15-10-16(19)8-9-17(15)25-12-14-6-4-13(2)5-7-14/h4-10H,3,11-12H2,1-2H3,(H,20,21,23). The average Bonchev–Trinajstić information content (AvgIpc) is 3.08. The number of hydrogen-bond donors (Lipinski definition) is 1. The van der Waals surface area contributed by atoms with Gasteiger partial charge in [-0.05, 0) is 48.0 Å². The number of ether oxygens (including phenoxy) is 1. The minimum Gasteiger partial charge on any atom is -0.489 e. The summed E-state index contributed by atoms with van der Waals surface area (Å²) in [6, 6.07) is 13.9. The number of halogens is 1. The molecule has 130 valence electrons. The van der Waals surface area contributed by atoms with Crippen LogP contribution in [0.4, 0.5) is 5.95 Å². The number of hydrogen-bond acceptors (Lipinski definition) is 5. The van der Waals surface area contributed by atoms with Gasteiger partial charge in [-0.3, -0.25) is 0 Å². The highest BCUT2D eigenvalue weighted by Gasteiger charge is 2.08. The highest BCUT2D eigenvalue weighted by atomic mass is 35.5. The molecule has 2 aromatic carbocycles. The average molecular weight is 358 g/mol. The number of aryl methyl sites for hydroxylation is 2. The summed E-state index contributed by atoms with van der Waals surface area (Å²) < 4.78 is 7.68. The Hall–Kier alpha value is -2.60. The Morgan fingerprint density at radius 1 is 1.16 bits per heavy atom. The SMILES string of the molecule is CCn1nnnc1NCc1cc(Cl)ccc1OCc1ccc(C)cc1. The van der Waals surface area contributed by atoms with Gasteiger partial charge in [0.25, 0.3) is 0 Å². The van der Waals surface area contributed by atoms with E-state index in [0.29, 0.717) is 30.7 Å². The van der Waals surface area contributed by atoms with Gasteiger partial charge in [0.05, 0.1) is 0 Å². The Labute approximate surface area is 151 Å². The quantitative estimate of drug-likeness (QED) is 0.695. The Kier molecular flexibility index (Phi) is 5.50. The van der Waals surface area contributed by atoms with Crippen molar-refractivity contribution in [2.75, 3.05) is 5.32 Å².